The molecule has 1 N–H and O–H groups in total. The summed E-state index contributed by atoms with van der Waals surface area (Å²) in [5.74, 6) is 0. The topological polar surface area (TPSA) is 20.2 Å². The molecule has 1 aromatic carbocycles. The molecule has 12 heavy (non-hydrogen) atoms. The van der Waals surface area contributed by atoms with Crippen molar-refractivity contribution in [2.45, 2.75) is 6.42 Å². The minimum atomic E-state index is 0.190. The molecule has 0 atom stereocenters. The molecule has 1 nitrogen and oxygen atoms in total. The predicted octanol–water partition coefficient (Wildman–Crippen LogP) is 2.24. The van der Waals surface area contributed by atoms with Crippen molar-refractivity contribution >= 4 is 6.08 Å². The summed E-state index contributed by atoms with van der Waals surface area (Å²) >= 11 is 0. The summed E-state index contributed by atoms with van der Waals surface area (Å²) < 4.78 is 0. The van der Waals surface area contributed by atoms with E-state index in [0.29, 0.717) is 6.42 Å². The van der Waals surface area contributed by atoms with Crippen LogP contribution < -0.4 is 0 Å². The fourth-order valence-electron chi connectivity index (χ4n) is 0.852. The molecular weight excluding hydrogens is 148 g/mol. The maximum absolute atomic E-state index is 8.48. The Labute approximate surface area is 72.7 Å². The quantitative estimate of drug-likeness (QED) is 0.672. The first-order valence-corrected chi connectivity index (χ1v) is 4.00. The second kappa shape index (κ2) is 5.36. The third kappa shape index (κ3) is 3.20. The molecule has 1 aromatic rings. The van der Waals surface area contributed by atoms with Crippen LogP contribution in [0.1, 0.15) is 12.0 Å². The summed E-state index contributed by atoms with van der Waals surface area (Å²) in [7, 11) is 0. The van der Waals surface area contributed by atoms with Gasteiger partial charge in [-0.2, -0.15) is 0 Å². The summed E-state index contributed by atoms with van der Waals surface area (Å²) in [6.45, 7) is 0.190. The van der Waals surface area contributed by atoms with E-state index in [0.717, 1.165) is 5.56 Å². The Kier molecular flexibility index (Phi) is 3.93. The average Bonchev–Trinajstić information content (AvgIpc) is 2.14. The number of hydrogen-bond acceptors (Lipinski definition) is 1. The maximum Gasteiger partial charge on any atom is 0.0471 e. The number of aliphatic hydroxyl groups is 1. The minimum Gasteiger partial charge on any atom is -0.396 e. The van der Waals surface area contributed by atoms with Crippen molar-refractivity contribution in [1.82, 2.24) is 0 Å². The zero-order valence-electron chi connectivity index (χ0n) is 6.90. The normalized spacial score (nSPS) is 8.75. The van der Waals surface area contributed by atoms with Gasteiger partial charge in [-0.1, -0.05) is 30.3 Å². The van der Waals surface area contributed by atoms with E-state index in [1.807, 2.05) is 42.5 Å². The number of benzene rings is 1. The lowest BCUT2D eigenvalue weighted by Gasteiger charge is -1.86. The summed E-state index contributed by atoms with van der Waals surface area (Å²) in [4.78, 5) is 0. The second-order valence-electron chi connectivity index (χ2n) is 2.44. The Bertz CT molecular complexity index is 268. The number of rotatable bonds is 3. The SMILES string of the molecule is OCCC=C=Cc1ccccc1. The molecule has 0 fully saturated rings. The lowest BCUT2D eigenvalue weighted by atomic mass is 10.2. The first-order chi connectivity index (χ1) is 5.93. The summed E-state index contributed by atoms with van der Waals surface area (Å²) in [5.41, 5.74) is 4.12. The molecule has 1 rings (SSSR count). The third-order valence-electron chi connectivity index (χ3n) is 1.44. The predicted molar refractivity (Wildman–Crippen MR) is 50.7 cm³/mol. The van der Waals surface area contributed by atoms with Crippen molar-refractivity contribution in [3.05, 3.63) is 47.7 Å². The molecule has 0 aromatic heterocycles. The highest BCUT2D eigenvalue weighted by Gasteiger charge is 1.78. The van der Waals surface area contributed by atoms with Crippen molar-refractivity contribution in [2.24, 2.45) is 0 Å². The Balaban J connectivity index is 2.57. The molecule has 0 heterocycles. The molecule has 0 aliphatic carbocycles. The molecule has 0 aliphatic rings. The molecular formula is C11H12O. The van der Waals surface area contributed by atoms with Crippen LogP contribution in [0.4, 0.5) is 0 Å². The fraction of sp³-hybridized carbons (Fsp3) is 0.182. The fourth-order valence-corrected chi connectivity index (χ4v) is 0.852. The monoisotopic (exact) mass is 160 g/mol. The van der Waals surface area contributed by atoms with Crippen LogP contribution in [0.5, 0.6) is 0 Å². The Morgan fingerprint density at radius 1 is 1.25 bits per heavy atom. The third-order valence-corrected chi connectivity index (χ3v) is 1.44. The average molecular weight is 160 g/mol. The van der Waals surface area contributed by atoms with E-state index in [2.05, 4.69) is 5.73 Å². The van der Waals surface area contributed by atoms with Gasteiger partial charge in [0, 0.05) is 6.61 Å². The Hall–Kier alpha value is -1.30. The molecule has 1 heteroatoms. The van der Waals surface area contributed by atoms with Crippen LogP contribution in [-0.4, -0.2) is 11.7 Å². The van der Waals surface area contributed by atoms with Gasteiger partial charge in [-0.25, -0.2) is 0 Å². The zero-order valence-corrected chi connectivity index (χ0v) is 6.90. The van der Waals surface area contributed by atoms with E-state index in [-0.39, 0.29) is 6.61 Å². The van der Waals surface area contributed by atoms with Gasteiger partial charge in [0.15, 0.2) is 0 Å². The van der Waals surface area contributed by atoms with Crippen molar-refractivity contribution < 1.29 is 5.11 Å². The van der Waals surface area contributed by atoms with Crippen LogP contribution in [0.25, 0.3) is 6.08 Å². The smallest absolute Gasteiger partial charge is 0.0471 e. The van der Waals surface area contributed by atoms with E-state index in [1.165, 1.54) is 0 Å². The standard InChI is InChI=1S/C11H12O/c12-10-6-2-5-9-11-7-3-1-4-8-11/h1-4,7-9,12H,6,10H2. The van der Waals surface area contributed by atoms with Crippen LogP contribution in [0.3, 0.4) is 0 Å². The van der Waals surface area contributed by atoms with Crippen LogP contribution in [0.2, 0.25) is 0 Å². The first-order valence-electron chi connectivity index (χ1n) is 4.00. The van der Waals surface area contributed by atoms with Gasteiger partial charge in [-0.3, -0.25) is 0 Å². The minimum absolute atomic E-state index is 0.190. The lowest BCUT2D eigenvalue weighted by molar-refractivity contribution is 0.302. The van der Waals surface area contributed by atoms with Crippen molar-refractivity contribution in [3.8, 4) is 0 Å². The summed E-state index contributed by atoms with van der Waals surface area (Å²) in [5, 5.41) is 8.48. The van der Waals surface area contributed by atoms with E-state index >= 15 is 0 Å². The van der Waals surface area contributed by atoms with E-state index in [9.17, 15) is 0 Å². The summed E-state index contributed by atoms with van der Waals surface area (Å²) in [6.07, 6.45) is 4.39. The molecule has 0 saturated heterocycles. The van der Waals surface area contributed by atoms with Gasteiger partial charge in [-0.15, -0.1) is 5.73 Å². The van der Waals surface area contributed by atoms with Crippen molar-refractivity contribution in [3.63, 3.8) is 0 Å². The highest BCUT2D eigenvalue weighted by Crippen LogP contribution is 1.99. The maximum atomic E-state index is 8.48. The largest absolute Gasteiger partial charge is 0.396 e. The van der Waals surface area contributed by atoms with Crippen LogP contribution in [-0.2, 0) is 0 Å². The molecule has 0 spiro atoms. The molecule has 0 bridgehead atoms. The van der Waals surface area contributed by atoms with Gasteiger partial charge in [0.25, 0.3) is 0 Å². The first kappa shape index (κ1) is 8.79. The molecule has 62 valence electrons. The van der Waals surface area contributed by atoms with Crippen LogP contribution in [0, 0.1) is 0 Å². The number of hydrogen-bond donors (Lipinski definition) is 1. The molecule has 0 radical (unpaired) electrons. The summed E-state index contributed by atoms with van der Waals surface area (Å²) in [6, 6.07) is 9.98. The second-order valence-corrected chi connectivity index (χ2v) is 2.44. The Morgan fingerprint density at radius 3 is 2.67 bits per heavy atom. The lowest BCUT2D eigenvalue weighted by Crippen LogP contribution is -1.73. The van der Waals surface area contributed by atoms with Gasteiger partial charge < -0.3 is 5.11 Å². The van der Waals surface area contributed by atoms with Gasteiger partial charge in [-0.05, 0) is 24.1 Å². The van der Waals surface area contributed by atoms with Crippen molar-refractivity contribution in [1.29, 1.82) is 0 Å². The molecule has 0 aliphatic heterocycles. The van der Waals surface area contributed by atoms with Gasteiger partial charge >= 0.3 is 0 Å². The highest BCUT2D eigenvalue weighted by atomic mass is 16.2. The molecule has 0 amide bonds. The van der Waals surface area contributed by atoms with Gasteiger partial charge in [0.05, 0.1) is 0 Å². The van der Waals surface area contributed by atoms with Gasteiger partial charge in [0.1, 0.15) is 0 Å². The van der Waals surface area contributed by atoms with E-state index in [4.69, 9.17) is 5.11 Å². The Morgan fingerprint density at radius 2 is 2.00 bits per heavy atom. The highest BCUT2D eigenvalue weighted by molar-refractivity contribution is 5.47. The van der Waals surface area contributed by atoms with Crippen LogP contribution in [0.15, 0.2) is 42.1 Å². The molecule has 0 unspecified atom stereocenters. The van der Waals surface area contributed by atoms with Gasteiger partial charge in [0.2, 0.25) is 0 Å². The zero-order chi connectivity index (χ0) is 8.65. The van der Waals surface area contributed by atoms with Crippen molar-refractivity contribution in [2.75, 3.05) is 6.61 Å². The van der Waals surface area contributed by atoms with E-state index < -0.39 is 0 Å². The number of aliphatic hydroxyl groups excluding tert-OH is 1. The van der Waals surface area contributed by atoms with E-state index in [1.54, 1.807) is 0 Å². The molecule has 0 saturated carbocycles. The van der Waals surface area contributed by atoms with Crippen LogP contribution >= 0.6 is 0 Å².